The molecule has 148 valence electrons. The molecule has 6 heteroatoms. The van der Waals surface area contributed by atoms with Crippen LogP contribution >= 0.6 is 11.3 Å². The van der Waals surface area contributed by atoms with Gasteiger partial charge in [0.25, 0.3) is 0 Å². The third-order valence-electron chi connectivity index (χ3n) is 4.92. The fourth-order valence-corrected chi connectivity index (χ4v) is 4.16. The van der Waals surface area contributed by atoms with Gasteiger partial charge in [0.1, 0.15) is 17.0 Å². The van der Waals surface area contributed by atoms with Gasteiger partial charge in [0.05, 0.1) is 12.0 Å². The van der Waals surface area contributed by atoms with Crippen molar-refractivity contribution in [1.82, 2.24) is 9.97 Å². The molecule has 0 N–H and O–H groups in total. The molecule has 0 unspecified atom stereocenters. The number of hydrogen-bond donors (Lipinski definition) is 0. The summed E-state index contributed by atoms with van der Waals surface area (Å²) in [6.07, 6.45) is 7.19. The highest BCUT2D eigenvalue weighted by Crippen LogP contribution is 2.27. The van der Waals surface area contributed by atoms with Crippen LogP contribution in [-0.4, -0.2) is 16.6 Å². The molecule has 1 aromatic carbocycles. The maximum Gasteiger partial charge on any atom is 0.193 e. The lowest BCUT2D eigenvalue weighted by Crippen LogP contribution is -2.03. The van der Waals surface area contributed by atoms with Crippen LogP contribution in [0.2, 0.25) is 0 Å². The Morgan fingerprint density at radius 3 is 2.83 bits per heavy atom. The minimum atomic E-state index is -0.110. The number of benzene rings is 1. The number of rotatable bonds is 6. The molecule has 0 radical (unpaired) electrons. The molecule has 4 heterocycles. The lowest BCUT2D eigenvalue weighted by atomic mass is 10.1. The van der Waals surface area contributed by atoms with Crippen molar-refractivity contribution in [3.05, 3.63) is 88.3 Å². The first-order valence-electron chi connectivity index (χ1n) is 9.69. The molecule has 5 rings (SSSR count). The number of fused-ring (bicyclic) bond motifs is 2. The summed E-state index contributed by atoms with van der Waals surface area (Å²) in [5.41, 5.74) is 2.30. The van der Waals surface area contributed by atoms with Crippen LogP contribution in [-0.2, 0) is 6.42 Å². The van der Waals surface area contributed by atoms with Crippen molar-refractivity contribution in [2.24, 2.45) is 0 Å². The molecular weight excluding hydrogens is 396 g/mol. The van der Waals surface area contributed by atoms with Crippen LogP contribution in [0.3, 0.4) is 0 Å². The lowest BCUT2D eigenvalue weighted by molar-refractivity contribution is 0.311. The predicted molar refractivity (Wildman–Crippen MR) is 119 cm³/mol. The van der Waals surface area contributed by atoms with E-state index in [1.165, 1.54) is 11.6 Å². The molecule has 0 bridgehead atoms. The van der Waals surface area contributed by atoms with Crippen LogP contribution in [0.15, 0.2) is 81.7 Å². The smallest absolute Gasteiger partial charge is 0.193 e. The van der Waals surface area contributed by atoms with Crippen molar-refractivity contribution in [3.8, 4) is 17.2 Å². The summed E-state index contributed by atoms with van der Waals surface area (Å²) in [6, 6.07) is 14.8. The molecular formula is C24H18N2O3S. The fourth-order valence-electron chi connectivity index (χ4n) is 3.36. The Kier molecular flexibility index (Phi) is 4.99. The van der Waals surface area contributed by atoms with Gasteiger partial charge in [-0.3, -0.25) is 14.8 Å². The van der Waals surface area contributed by atoms with Gasteiger partial charge in [-0.25, -0.2) is 0 Å². The first-order chi connectivity index (χ1) is 14.8. The van der Waals surface area contributed by atoms with E-state index >= 15 is 0 Å². The average Bonchev–Trinajstić information content (AvgIpc) is 3.25. The molecule has 0 aliphatic heterocycles. The molecule has 5 nitrogen and oxygen atoms in total. The number of aryl methyl sites for hydroxylation is 1. The summed E-state index contributed by atoms with van der Waals surface area (Å²) >= 11 is 1.63. The lowest BCUT2D eigenvalue weighted by Gasteiger charge is -2.08. The Morgan fingerprint density at radius 2 is 1.93 bits per heavy atom. The van der Waals surface area contributed by atoms with Crippen LogP contribution in [0.1, 0.15) is 12.0 Å². The van der Waals surface area contributed by atoms with Crippen LogP contribution in [0.25, 0.3) is 32.5 Å². The van der Waals surface area contributed by atoms with Gasteiger partial charge >= 0.3 is 0 Å². The van der Waals surface area contributed by atoms with Crippen LogP contribution in [0.5, 0.6) is 5.75 Å². The summed E-state index contributed by atoms with van der Waals surface area (Å²) in [6.45, 7) is 0.571. The molecule has 0 atom stereocenters. The zero-order chi connectivity index (χ0) is 20.3. The van der Waals surface area contributed by atoms with Gasteiger partial charge in [-0.05, 0) is 66.2 Å². The summed E-state index contributed by atoms with van der Waals surface area (Å²) < 4.78 is 12.9. The fraction of sp³-hybridized carbons (Fsp3) is 0.125. The minimum Gasteiger partial charge on any atom is -0.494 e. The number of thiophene rings is 1. The van der Waals surface area contributed by atoms with E-state index in [0.717, 1.165) is 22.9 Å². The molecule has 4 aromatic heterocycles. The van der Waals surface area contributed by atoms with Gasteiger partial charge < -0.3 is 9.15 Å². The zero-order valence-electron chi connectivity index (χ0n) is 16.1. The summed E-state index contributed by atoms with van der Waals surface area (Å²) in [7, 11) is 0. The third kappa shape index (κ3) is 3.82. The predicted octanol–water partition coefficient (Wildman–Crippen LogP) is 5.48. The minimum absolute atomic E-state index is 0.110. The molecule has 0 spiro atoms. The average molecular weight is 414 g/mol. The van der Waals surface area contributed by atoms with E-state index in [9.17, 15) is 4.79 Å². The van der Waals surface area contributed by atoms with Gasteiger partial charge in [-0.1, -0.05) is 0 Å². The van der Waals surface area contributed by atoms with Crippen molar-refractivity contribution in [2.75, 3.05) is 6.61 Å². The van der Waals surface area contributed by atoms with Crippen LogP contribution < -0.4 is 10.2 Å². The summed E-state index contributed by atoms with van der Waals surface area (Å²) in [5.74, 6) is 1.13. The second-order valence-corrected chi connectivity index (χ2v) is 7.92. The Hall–Kier alpha value is -3.51. The second kappa shape index (κ2) is 8.08. The van der Waals surface area contributed by atoms with Crippen molar-refractivity contribution in [3.63, 3.8) is 0 Å². The number of hydrogen-bond acceptors (Lipinski definition) is 6. The molecule has 5 aromatic rings. The first-order valence-corrected chi connectivity index (χ1v) is 10.6. The molecule has 0 aliphatic carbocycles. The van der Waals surface area contributed by atoms with Crippen molar-refractivity contribution in [1.29, 1.82) is 0 Å². The number of aromatic nitrogens is 2. The van der Waals surface area contributed by atoms with E-state index in [4.69, 9.17) is 9.15 Å². The number of nitrogens with zero attached hydrogens (tertiary/aromatic N) is 2. The molecule has 0 fully saturated rings. The van der Waals surface area contributed by atoms with Gasteiger partial charge in [-0.2, -0.15) is 0 Å². The van der Waals surface area contributed by atoms with Crippen molar-refractivity contribution in [2.45, 2.75) is 12.8 Å². The van der Waals surface area contributed by atoms with Crippen LogP contribution in [0, 0.1) is 0 Å². The maximum absolute atomic E-state index is 12.7. The molecule has 0 saturated carbocycles. The first kappa shape index (κ1) is 18.5. The van der Waals surface area contributed by atoms with E-state index in [2.05, 4.69) is 9.97 Å². The Balaban J connectivity index is 1.34. The Morgan fingerprint density at radius 1 is 1.03 bits per heavy atom. The molecule has 0 saturated heterocycles. The van der Waals surface area contributed by atoms with Gasteiger partial charge in [0.2, 0.25) is 0 Å². The molecule has 0 amide bonds. The normalized spacial score (nSPS) is 11.2. The molecule has 0 aliphatic rings. The topological polar surface area (TPSA) is 65.2 Å². The second-order valence-electron chi connectivity index (χ2n) is 6.97. The van der Waals surface area contributed by atoms with E-state index in [-0.39, 0.29) is 5.43 Å². The van der Waals surface area contributed by atoms with Gasteiger partial charge in [-0.15, -0.1) is 11.3 Å². The van der Waals surface area contributed by atoms with Crippen molar-refractivity contribution < 1.29 is 9.15 Å². The Bertz CT molecular complexity index is 1380. The van der Waals surface area contributed by atoms with Gasteiger partial charge in [0.15, 0.2) is 11.2 Å². The van der Waals surface area contributed by atoms with E-state index in [1.807, 2.05) is 35.7 Å². The van der Waals surface area contributed by atoms with E-state index < -0.39 is 0 Å². The third-order valence-corrected chi connectivity index (χ3v) is 5.80. The van der Waals surface area contributed by atoms with Crippen molar-refractivity contribution >= 4 is 32.4 Å². The highest BCUT2D eigenvalue weighted by molar-refractivity contribution is 7.17. The molecule has 30 heavy (non-hydrogen) atoms. The monoisotopic (exact) mass is 414 g/mol. The standard InChI is InChI=1S/C24H18N2O3S/c27-21-14-23(20-13-24-17(15-26-20)7-11-30-24)29-22-4-3-18(12-19(21)22)28-10-1-2-16-5-8-25-9-6-16/h3-9,11-15H,1-2,10H2. The SMILES string of the molecule is O=c1cc(-c2cc3sccc3cn2)oc2ccc(OCCCc3ccncc3)cc12. The highest BCUT2D eigenvalue weighted by atomic mass is 32.1. The van der Waals surface area contributed by atoms with E-state index in [1.54, 1.807) is 42.1 Å². The largest absolute Gasteiger partial charge is 0.494 e. The number of ether oxygens (including phenoxy) is 1. The summed E-state index contributed by atoms with van der Waals surface area (Å²) in [5, 5.41) is 3.60. The maximum atomic E-state index is 12.7. The van der Waals surface area contributed by atoms with Crippen LogP contribution in [0.4, 0.5) is 0 Å². The summed E-state index contributed by atoms with van der Waals surface area (Å²) in [4.78, 5) is 21.2. The Labute approximate surface area is 176 Å². The zero-order valence-corrected chi connectivity index (χ0v) is 16.9. The highest BCUT2D eigenvalue weighted by Gasteiger charge is 2.10. The van der Waals surface area contributed by atoms with E-state index in [0.29, 0.717) is 34.8 Å². The quantitative estimate of drug-likeness (QED) is 0.344. The number of pyridine rings is 2. The van der Waals surface area contributed by atoms with Gasteiger partial charge in [0, 0.05) is 34.7 Å².